The third kappa shape index (κ3) is 7.04. The normalized spacial score (nSPS) is 21.2. The van der Waals surface area contributed by atoms with Crippen LogP contribution >= 0.6 is 11.8 Å². The van der Waals surface area contributed by atoms with Gasteiger partial charge < -0.3 is 9.47 Å². The maximum Gasteiger partial charge on any atom is 0.573 e. The van der Waals surface area contributed by atoms with Gasteiger partial charge >= 0.3 is 6.36 Å². The number of hydrogen-bond donors (Lipinski definition) is 1. The van der Waals surface area contributed by atoms with Crippen LogP contribution in [0.4, 0.5) is 13.2 Å². The molecule has 0 bridgehead atoms. The van der Waals surface area contributed by atoms with Crippen molar-refractivity contribution in [3.63, 3.8) is 0 Å². The molecule has 182 valence electrons. The Bertz CT molecular complexity index is 907. The lowest BCUT2D eigenvalue weighted by Crippen LogP contribution is -2.39. The summed E-state index contributed by atoms with van der Waals surface area (Å²) in [4.78, 5) is 9.41. The summed E-state index contributed by atoms with van der Waals surface area (Å²) >= 11 is 1.81. The predicted octanol–water partition coefficient (Wildman–Crippen LogP) is 4.83. The number of rotatable bonds is 11. The average Bonchev–Trinajstić information content (AvgIpc) is 3.28. The SMILES string of the molecule is CONC1=C(Cn2cncn2)[C@H](COc2ccc(OC(F)(F)F)cc2)CC[C@@]1(C)CCSC. The van der Waals surface area contributed by atoms with Gasteiger partial charge in [0.1, 0.15) is 24.2 Å². The fraction of sp³-hybridized carbons (Fsp3) is 0.545. The highest BCUT2D eigenvalue weighted by Crippen LogP contribution is 2.45. The quantitative estimate of drug-likeness (QED) is 0.456. The van der Waals surface area contributed by atoms with Crippen LogP contribution in [0.3, 0.4) is 0 Å². The van der Waals surface area contributed by atoms with Crippen molar-refractivity contribution in [2.45, 2.75) is 39.1 Å². The van der Waals surface area contributed by atoms with Crippen molar-refractivity contribution in [2.24, 2.45) is 11.3 Å². The van der Waals surface area contributed by atoms with Crippen LogP contribution in [0.1, 0.15) is 26.2 Å². The smallest absolute Gasteiger partial charge is 0.493 e. The van der Waals surface area contributed by atoms with Crippen molar-refractivity contribution in [1.29, 1.82) is 0 Å². The van der Waals surface area contributed by atoms with Crippen molar-refractivity contribution >= 4 is 11.8 Å². The summed E-state index contributed by atoms with van der Waals surface area (Å²) in [6.07, 6.45) is 3.38. The first kappa shape index (κ1) is 25.2. The summed E-state index contributed by atoms with van der Waals surface area (Å²) < 4.78 is 48.8. The van der Waals surface area contributed by atoms with E-state index < -0.39 is 6.36 Å². The van der Waals surface area contributed by atoms with Gasteiger partial charge in [-0.15, -0.1) is 13.2 Å². The Morgan fingerprint density at radius 3 is 2.58 bits per heavy atom. The Morgan fingerprint density at radius 1 is 1.24 bits per heavy atom. The number of hydroxylamine groups is 1. The molecule has 0 unspecified atom stereocenters. The monoisotopic (exact) mass is 486 g/mol. The Balaban J connectivity index is 1.80. The lowest BCUT2D eigenvalue weighted by atomic mass is 9.69. The molecule has 7 nitrogen and oxygen atoms in total. The molecular weight excluding hydrogens is 457 g/mol. The Hall–Kier alpha value is -2.40. The second-order valence-electron chi connectivity index (χ2n) is 8.17. The molecule has 0 radical (unpaired) electrons. The number of alkyl halides is 3. The summed E-state index contributed by atoms with van der Waals surface area (Å²) in [5, 5.41) is 4.26. The highest BCUT2D eigenvalue weighted by Gasteiger charge is 2.39. The van der Waals surface area contributed by atoms with E-state index in [9.17, 15) is 13.2 Å². The van der Waals surface area contributed by atoms with Crippen molar-refractivity contribution in [1.82, 2.24) is 20.2 Å². The minimum absolute atomic E-state index is 0.0697. The first-order valence-corrected chi connectivity index (χ1v) is 12.0. The Kier molecular flexibility index (Phi) is 8.52. The molecular formula is C22H29F3N4O3S. The van der Waals surface area contributed by atoms with E-state index in [1.807, 2.05) is 11.8 Å². The molecule has 1 N–H and O–H groups in total. The zero-order valence-electron chi connectivity index (χ0n) is 18.9. The van der Waals surface area contributed by atoms with E-state index in [0.717, 1.165) is 36.3 Å². The third-order valence-corrected chi connectivity index (χ3v) is 6.44. The molecule has 0 saturated heterocycles. The highest BCUT2D eigenvalue weighted by atomic mass is 32.2. The van der Waals surface area contributed by atoms with E-state index in [4.69, 9.17) is 9.57 Å². The van der Waals surface area contributed by atoms with Gasteiger partial charge in [-0.2, -0.15) is 16.9 Å². The molecule has 1 aliphatic carbocycles. The van der Waals surface area contributed by atoms with E-state index in [2.05, 4.69) is 33.5 Å². The molecule has 2 atom stereocenters. The van der Waals surface area contributed by atoms with Gasteiger partial charge in [-0.25, -0.2) is 9.67 Å². The molecule has 1 aliphatic rings. The molecule has 3 rings (SSSR count). The van der Waals surface area contributed by atoms with Crippen LogP contribution in [0, 0.1) is 11.3 Å². The molecule has 1 heterocycles. The number of benzene rings is 1. The van der Waals surface area contributed by atoms with Crippen molar-refractivity contribution in [3.8, 4) is 11.5 Å². The third-order valence-electron chi connectivity index (χ3n) is 5.83. The molecule has 1 aromatic carbocycles. The molecule has 0 saturated carbocycles. The standard InChI is InChI=1S/C22H29F3N4O3S/c1-21(10-11-33-3)9-8-16(19(20(21)28-30-2)12-29-15-26-14-27-29)13-31-17-4-6-18(7-5-17)32-22(23,24)25/h4-7,14-16,28H,8-13H2,1-3H3/t16-,21-/m0/s1. The van der Waals surface area contributed by atoms with Crippen LogP contribution in [0.5, 0.6) is 11.5 Å². The molecule has 0 fully saturated rings. The van der Waals surface area contributed by atoms with Crippen LogP contribution < -0.4 is 15.0 Å². The number of thioether (sulfide) groups is 1. The van der Waals surface area contributed by atoms with Gasteiger partial charge in [0.15, 0.2) is 0 Å². The fourth-order valence-corrected chi connectivity index (χ4v) is 4.72. The minimum atomic E-state index is -4.72. The summed E-state index contributed by atoms with van der Waals surface area (Å²) in [5.41, 5.74) is 5.20. The zero-order valence-corrected chi connectivity index (χ0v) is 19.7. The van der Waals surface area contributed by atoms with E-state index in [1.165, 1.54) is 30.6 Å². The number of allylic oxidation sites excluding steroid dienone is 1. The second-order valence-corrected chi connectivity index (χ2v) is 9.15. The van der Waals surface area contributed by atoms with Gasteiger partial charge in [0, 0.05) is 17.0 Å². The largest absolute Gasteiger partial charge is 0.573 e. The van der Waals surface area contributed by atoms with Gasteiger partial charge in [0.05, 0.1) is 20.3 Å². The van der Waals surface area contributed by atoms with Crippen LogP contribution in [0.25, 0.3) is 0 Å². The number of hydrogen-bond acceptors (Lipinski definition) is 7. The van der Waals surface area contributed by atoms with Gasteiger partial charge in [-0.05, 0) is 61.1 Å². The molecule has 1 aromatic heterocycles. The van der Waals surface area contributed by atoms with E-state index in [1.54, 1.807) is 18.1 Å². The maximum atomic E-state index is 12.4. The topological polar surface area (TPSA) is 70.4 Å². The highest BCUT2D eigenvalue weighted by molar-refractivity contribution is 7.98. The Morgan fingerprint density at radius 2 is 1.97 bits per heavy atom. The molecule has 0 spiro atoms. The number of aromatic nitrogens is 3. The average molecular weight is 487 g/mol. The summed E-state index contributed by atoms with van der Waals surface area (Å²) in [6.45, 7) is 3.15. The molecule has 33 heavy (non-hydrogen) atoms. The van der Waals surface area contributed by atoms with Crippen molar-refractivity contribution in [3.05, 3.63) is 48.2 Å². The first-order valence-electron chi connectivity index (χ1n) is 10.6. The van der Waals surface area contributed by atoms with Crippen molar-refractivity contribution < 1.29 is 27.5 Å². The van der Waals surface area contributed by atoms with Crippen LogP contribution in [-0.4, -0.2) is 46.9 Å². The lowest BCUT2D eigenvalue weighted by molar-refractivity contribution is -0.274. The molecule has 2 aromatic rings. The predicted molar refractivity (Wildman–Crippen MR) is 120 cm³/mol. The van der Waals surface area contributed by atoms with Crippen LogP contribution in [-0.2, 0) is 11.4 Å². The van der Waals surface area contributed by atoms with E-state index in [0.29, 0.717) is 18.9 Å². The molecule has 0 amide bonds. The Labute approximate surface area is 195 Å². The van der Waals surface area contributed by atoms with Gasteiger partial charge in [0.2, 0.25) is 0 Å². The number of halogens is 3. The fourth-order valence-electron chi connectivity index (χ4n) is 4.07. The van der Waals surface area contributed by atoms with Crippen molar-refractivity contribution in [2.75, 3.05) is 25.7 Å². The maximum absolute atomic E-state index is 12.4. The van der Waals surface area contributed by atoms with E-state index >= 15 is 0 Å². The van der Waals surface area contributed by atoms with Gasteiger partial charge in [-0.1, -0.05) is 6.92 Å². The zero-order chi connectivity index (χ0) is 23.9. The second kappa shape index (κ2) is 11.1. The van der Waals surface area contributed by atoms with Gasteiger partial charge in [-0.3, -0.25) is 10.3 Å². The number of nitrogens with one attached hydrogen (secondary N) is 1. The van der Waals surface area contributed by atoms with Gasteiger partial charge in [0.25, 0.3) is 0 Å². The lowest BCUT2D eigenvalue weighted by Gasteiger charge is -2.41. The first-order chi connectivity index (χ1) is 15.7. The minimum Gasteiger partial charge on any atom is -0.493 e. The summed E-state index contributed by atoms with van der Waals surface area (Å²) in [7, 11) is 1.60. The van der Waals surface area contributed by atoms with Crippen LogP contribution in [0.2, 0.25) is 0 Å². The number of nitrogens with zero attached hydrogens (tertiary/aromatic N) is 3. The molecule has 11 heteroatoms. The van der Waals surface area contributed by atoms with E-state index in [-0.39, 0.29) is 17.1 Å². The summed E-state index contributed by atoms with van der Waals surface area (Å²) in [5.74, 6) is 1.28. The summed E-state index contributed by atoms with van der Waals surface area (Å²) in [6, 6.07) is 5.43. The van der Waals surface area contributed by atoms with Crippen LogP contribution in [0.15, 0.2) is 48.2 Å². The number of ether oxygens (including phenoxy) is 2. The molecule has 0 aliphatic heterocycles.